The van der Waals surface area contributed by atoms with Gasteiger partial charge in [0, 0.05) is 18.2 Å². The molecule has 3 rings (SSSR count). The molecule has 0 aliphatic carbocycles. The standard InChI is InChI=1S/C17H18FN3/c1-11(2)21-16-9-14(18)6-7-15(16)20-17(21)13-5-3-4-12(8-13)10-19/h3-9,11H,10,19H2,1-2H3. The van der Waals surface area contributed by atoms with E-state index in [0.29, 0.717) is 6.54 Å². The van der Waals surface area contributed by atoms with Crippen molar-refractivity contribution in [2.45, 2.75) is 26.4 Å². The maximum Gasteiger partial charge on any atom is 0.141 e. The van der Waals surface area contributed by atoms with Gasteiger partial charge in [0.15, 0.2) is 0 Å². The summed E-state index contributed by atoms with van der Waals surface area (Å²) in [5.74, 6) is 0.604. The summed E-state index contributed by atoms with van der Waals surface area (Å²) in [6.07, 6.45) is 0. The van der Waals surface area contributed by atoms with Crippen LogP contribution in [0.5, 0.6) is 0 Å². The fraction of sp³-hybridized carbons (Fsp3) is 0.235. The Kier molecular flexibility index (Phi) is 3.47. The number of benzene rings is 2. The molecule has 108 valence electrons. The van der Waals surface area contributed by atoms with Gasteiger partial charge in [-0.2, -0.15) is 0 Å². The Morgan fingerprint density at radius 1 is 1.19 bits per heavy atom. The monoisotopic (exact) mass is 283 g/mol. The lowest BCUT2D eigenvalue weighted by molar-refractivity contribution is 0.613. The van der Waals surface area contributed by atoms with E-state index in [9.17, 15) is 4.39 Å². The van der Waals surface area contributed by atoms with Crippen LogP contribution < -0.4 is 5.73 Å². The van der Waals surface area contributed by atoms with Crippen LogP contribution in [0.3, 0.4) is 0 Å². The lowest BCUT2D eigenvalue weighted by atomic mass is 10.1. The summed E-state index contributed by atoms with van der Waals surface area (Å²) in [5.41, 5.74) is 9.39. The molecular weight excluding hydrogens is 265 g/mol. The van der Waals surface area contributed by atoms with Crippen LogP contribution in [0, 0.1) is 5.82 Å². The second-order valence-corrected chi connectivity index (χ2v) is 5.44. The van der Waals surface area contributed by atoms with Crippen molar-refractivity contribution in [3.05, 3.63) is 53.8 Å². The first-order valence-electron chi connectivity index (χ1n) is 7.07. The number of hydrogen-bond donors (Lipinski definition) is 1. The molecule has 0 unspecified atom stereocenters. The van der Waals surface area contributed by atoms with Gasteiger partial charge in [0.25, 0.3) is 0 Å². The molecule has 0 aliphatic rings. The topological polar surface area (TPSA) is 43.8 Å². The van der Waals surface area contributed by atoms with Crippen molar-refractivity contribution in [2.24, 2.45) is 5.73 Å². The number of fused-ring (bicyclic) bond motifs is 1. The maximum absolute atomic E-state index is 13.6. The third-order valence-corrected chi connectivity index (χ3v) is 3.59. The van der Waals surface area contributed by atoms with E-state index in [1.54, 1.807) is 12.1 Å². The Hall–Kier alpha value is -2.20. The number of nitrogens with two attached hydrogens (primary N) is 1. The normalized spacial score (nSPS) is 11.5. The molecule has 0 aliphatic heterocycles. The van der Waals surface area contributed by atoms with Crippen molar-refractivity contribution in [2.75, 3.05) is 0 Å². The van der Waals surface area contributed by atoms with Crippen LogP contribution in [0.1, 0.15) is 25.5 Å². The first-order valence-corrected chi connectivity index (χ1v) is 7.07. The molecule has 0 saturated carbocycles. The van der Waals surface area contributed by atoms with Crippen molar-refractivity contribution < 1.29 is 4.39 Å². The van der Waals surface area contributed by atoms with E-state index in [-0.39, 0.29) is 11.9 Å². The molecule has 21 heavy (non-hydrogen) atoms. The van der Waals surface area contributed by atoms with E-state index < -0.39 is 0 Å². The minimum absolute atomic E-state index is 0.188. The van der Waals surface area contributed by atoms with E-state index in [1.807, 2.05) is 24.3 Å². The van der Waals surface area contributed by atoms with E-state index >= 15 is 0 Å². The van der Waals surface area contributed by atoms with Gasteiger partial charge in [-0.3, -0.25) is 0 Å². The maximum atomic E-state index is 13.6. The summed E-state index contributed by atoms with van der Waals surface area (Å²) >= 11 is 0. The first-order chi connectivity index (χ1) is 10.1. The van der Waals surface area contributed by atoms with E-state index in [0.717, 1.165) is 28.0 Å². The highest BCUT2D eigenvalue weighted by Gasteiger charge is 2.15. The molecule has 2 aromatic carbocycles. The summed E-state index contributed by atoms with van der Waals surface area (Å²) in [6.45, 7) is 4.63. The van der Waals surface area contributed by atoms with Crippen LogP contribution in [0.15, 0.2) is 42.5 Å². The number of rotatable bonds is 3. The quantitative estimate of drug-likeness (QED) is 0.792. The number of aromatic nitrogens is 2. The largest absolute Gasteiger partial charge is 0.326 e. The molecule has 3 aromatic rings. The van der Waals surface area contributed by atoms with Gasteiger partial charge in [0.1, 0.15) is 11.6 Å². The highest BCUT2D eigenvalue weighted by Crippen LogP contribution is 2.29. The van der Waals surface area contributed by atoms with Crippen LogP contribution in [0.25, 0.3) is 22.4 Å². The number of imidazole rings is 1. The molecule has 0 fully saturated rings. The van der Waals surface area contributed by atoms with E-state index in [1.165, 1.54) is 6.07 Å². The third kappa shape index (κ3) is 2.43. The smallest absolute Gasteiger partial charge is 0.141 e. The van der Waals surface area contributed by atoms with Crippen molar-refractivity contribution in [3.8, 4) is 11.4 Å². The van der Waals surface area contributed by atoms with Crippen molar-refractivity contribution in [1.29, 1.82) is 0 Å². The van der Waals surface area contributed by atoms with Crippen molar-refractivity contribution in [3.63, 3.8) is 0 Å². The van der Waals surface area contributed by atoms with Crippen LogP contribution in [-0.2, 0) is 6.54 Å². The Bertz CT molecular complexity index is 790. The molecule has 4 heteroatoms. The third-order valence-electron chi connectivity index (χ3n) is 3.59. The molecule has 0 atom stereocenters. The summed E-state index contributed by atoms with van der Waals surface area (Å²) < 4.78 is 15.6. The molecule has 0 bridgehead atoms. The van der Waals surface area contributed by atoms with E-state index in [2.05, 4.69) is 23.4 Å². The Morgan fingerprint density at radius 2 is 2.00 bits per heavy atom. The van der Waals surface area contributed by atoms with Gasteiger partial charge in [-0.25, -0.2) is 9.37 Å². The Balaban J connectivity index is 2.28. The van der Waals surface area contributed by atoms with Gasteiger partial charge < -0.3 is 10.3 Å². The molecular formula is C17H18FN3. The zero-order chi connectivity index (χ0) is 15.0. The predicted octanol–water partition coefficient (Wildman–Crippen LogP) is 3.88. The summed E-state index contributed by atoms with van der Waals surface area (Å²) in [4.78, 5) is 4.68. The van der Waals surface area contributed by atoms with Crippen LogP contribution in [-0.4, -0.2) is 9.55 Å². The number of nitrogens with zero attached hydrogens (tertiary/aromatic N) is 2. The fourth-order valence-electron chi connectivity index (χ4n) is 2.63. The lowest BCUT2D eigenvalue weighted by Crippen LogP contribution is -2.04. The van der Waals surface area contributed by atoms with Crippen LogP contribution in [0.2, 0.25) is 0 Å². The predicted molar refractivity (Wildman–Crippen MR) is 83.4 cm³/mol. The van der Waals surface area contributed by atoms with Crippen molar-refractivity contribution in [1.82, 2.24) is 9.55 Å². The average Bonchev–Trinajstić information content (AvgIpc) is 2.86. The summed E-state index contributed by atoms with van der Waals surface area (Å²) in [7, 11) is 0. The SMILES string of the molecule is CC(C)n1c(-c2cccc(CN)c2)nc2ccc(F)cc21. The van der Waals surface area contributed by atoms with Gasteiger partial charge >= 0.3 is 0 Å². The molecule has 3 nitrogen and oxygen atoms in total. The number of hydrogen-bond acceptors (Lipinski definition) is 2. The molecule has 0 spiro atoms. The molecule has 0 amide bonds. The second-order valence-electron chi connectivity index (χ2n) is 5.44. The molecule has 1 aromatic heterocycles. The summed E-state index contributed by atoms with van der Waals surface area (Å²) in [5, 5.41) is 0. The van der Waals surface area contributed by atoms with Gasteiger partial charge in [0.2, 0.25) is 0 Å². The lowest BCUT2D eigenvalue weighted by Gasteiger charge is -2.13. The minimum Gasteiger partial charge on any atom is -0.326 e. The molecule has 0 saturated heterocycles. The van der Waals surface area contributed by atoms with Gasteiger partial charge in [0.05, 0.1) is 11.0 Å². The van der Waals surface area contributed by atoms with Crippen molar-refractivity contribution >= 4 is 11.0 Å². The molecule has 1 heterocycles. The van der Waals surface area contributed by atoms with Crippen LogP contribution in [0.4, 0.5) is 4.39 Å². The first kappa shape index (κ1) is 13.8. The Labute approximate surface area is 123 Å². The summed E-state index contributed by atoms with van der Waals surface area (Å²) in [6, 6.07) is 12.9. The van der Waals surface area contributed by atoms with E-state index in [4.69, 9.17) is 5.73 Å². The fourth-order valence-corrected chi connectivity index (χ4v) is 2.63. The van der Waals surface area contributed by atoms with Gasteiger partial charge in [-0.15, -0.1) is 0 Å². The van der Waals surface area contributed by atoms with Gasteiger partial charge in [-0.05, 0) is 43.7 Å². The molecule has 0 radical (unpaired) electrons. The zero-order valence-electron chi connectivity index (χ0n) is 12.2. The zero-order valence-corrected chi connectivity index (χ0v) is 12.2. The van der Waals surface area contributed by atoms with Crippen LogP contribution >= 0.6 is 0 Å². The highest BCUT2D eigenvalue weighted by atomic mass is 19.1. The highest BCUT2D eigenvalue weighted by molar-refractivity contribution is 5.81. The second kappa shape index (κ2) is 5.30. The van der Waals surface area contributed by atoms with Gasteiger partial charge in [-0.1, -0.05) is 18.2 Å². The number of halogens is 1. The minimum atomic E-state index is -0.244. The average molecular weight is 283 g/mol. The molecule has 2 N–H and O–H groups in total. The Morgan fingerprint density at radius 3 is 2.71 bits per heavy atom.